The zero-order valence-corrected chi connectivity index (χ0v) is 20.3. The van der Waals surface area contributed by atoms with Crippen molar-refractivity contribution >= 4 is 23.3 Å². The summed E-state index contributed by atoms with van der Waals surface area (Å²) < 4.78 is 0. The average Bonchev–Trinajstić information content (AvgIpc) is 2.71. The first-order valence-electron chi connectivity index (χ1n) is 12.4. The Bertz CT molecular complexity index is 556. The lowest BCUT2D eigenvalue weighted by molar-refractivity contribution is 0.253. The van der Waals surface area contributed by atoms with Gasteiger partial charge < -0.3 is 5.73 Å². The molecule has 0 aromatic heterocycles. The molecule has 172 valence electrons. The highest BCUT2D eigenvalue weighted by atomic mass is 35.5. The van der Waals surface area contributed by atoms with Crippen LogP contribution in [0.15, 0.2) is 18.2 Å². The first-order valence-corrected chi connectivity index (χ1v) is 12.8. The SMILES string of the molecule is CCCCCCCCCCCCCCCCCCN(C(N)=O)c1c(C)cccc1Cl. The van der Waals surface area contributed by atoms with E-state index in [2.05, 4.69) is 6.92 Å². The van der Waals surface area contributed by atoms with Gasteiger partial charge in [0.15, 0.2) is 0 Å². The van der Waals surface area contributed by atoms with Crippen LogP contribution in [0.5, 0.6) is 0 Å². The number of hydrogen-bond donors (Lipinski definition) is 1. The molecule has 1 aromatic rings. The molecule has 3 nitrogen and oxygen atoms in total. The summed E-state index contributed by atoms with van der Waals surface area (Å²) in [6.45, 7) is 4.88. The van der Waals surface area contributed by atoms with E-state index in [9.17, 15) is 4.79 Å². The third-order valence-corrected chi connectivity index (χ3v) is 6.26. The topological polar surface area (TPSA) is 46.3 Å². The molecule has 0 saturated carbocycles. The van der Waals surface area contributed by atoms with Crippen molar-refractivity contribution in [3.05, 3.63) is 28.8 Å². The summed E-state index contributed by atoms with van der Waals surface area (Å²) in [5.41, 5.74) is 7.34. The summed E-state index contributed by atoms with van der Waals surface area (Å²) >= 11 is 6.30. The summed E-state index contributed by atoms with van der Waals surface area (Å²) in [6.07, 6.45) is 21.4. The number of amides is 2. The fourth-order valence-corrected chi connectivity index (χ4v) is 4.44. The van der Waals surface area contributed by atoms with E-state index in [-0.39, 0.29) is 0 Å². The maximum absolute atomic E-state index is 11.9. The quantitative estimate of drug-likeness (QED) is 0.229. The van der Waals surface area contributed by atoms with Gasteiger partial charge in [0.1, 0.15) is 0 Å². The lowest BCUT2D eigenvalue weighted by Crippen LogP contribution is -2.37. The number of primary amides is 1. The molecular weight excluding hydrogens is 392 g/mol. The molecular formula is C26H45ClN2O. The molecule has 0 aliphatic carbocycles. The lowest BCUT2D eigenvalue weighted by Gasteiger charge is -2.23. The number of nitrogens with zero attached hydrogens (tertiary/aromatic N) is 1. The van der Waals surface area contributed by atoms with Crippen molar-refractivity contribution in [1.82, 2.24) is 0 Å². The Morgan fingerprint density at radius 2 is 1.23 bits per heavy atom. The van der Waals surface area contributed by atoms with E-state index in [1.54, 1.807) is 4.90 Å². The molecule has 30 heavy (non-hydrogen) atoms. The first kappa shape index (κ1) is 26.8. The van der Waals surface area contributed by atoms with Gasteiger partial charge in [0.2, 0.25) is 0 Å². The predicted octanol–water partition coefficient (Wildman–Crippen LogP) is 8.80. The average molecular weight is 437 g/mol. The van der Waals surface area contributed by atoms with Gasteiger partial charge in [-0.05, 0) is 25.0 Å². The molecule has 2 N–H and O–H groups in total. The molecule has 0 bridgehead atoms. The molecule has 0 radical (unpaired) electrons. The molecule has 1 rings (SSSR count). The Balaban J connectivity index is 2.00. The van der Waals surface area contributed by atoms with E-state index in [0.29, 0.717) is 11.6 Å². The van der Waals surface area contributed by atoms with Crippen molar-refractivity contribution < 1.29 is 4.79 Å². The van der Waals surface area contributed by atoms with Crippen molar-refractivity contribution in [3.63, 3.8) is 0 Å². The summed E-state index contributed by atoms with van der Waals surface area (Å²) in [4.78, 5) is 13.5. The van der Waals surface area contributed by atoms with Gasteiger partial charge in [0, 0.05) is 6.54 Å². The fourth-order valence-electron chi connectivity index (χ4n) is 4.12. The maximum atomic E-state index is 11.9. The second-order valence-electron chi connectivity index (χ2n) is 8.70. The minimum atomic E-state index is -0.424. The van der Waals surface area contributed by atoms with Crippen molar-refractivity contribution in [3.8, 4) is 0 Å². The number of carbonyl (C=O) groups is 1. The predicted molar refractivity (Wildman–Crippen MR) is 133 cm³/mol. The number of nitrogens with two attached hydrogens (primary N) is 1. The van der Waals surface area contributed by atoms with Crippen LogP contribution in [-0.4, -0.2) is 12.6 Å². The number of anilines is 1. The second kappa shape index (κ2) is 17.5. The lowest BCUT2D eigenvalue weighted by atomic mass is 10.0. The number of halogens is 1. The van der Waals surface area contributed by atoms with Gasteiger partial charge in [0.25, 0.3) is 0 Å². The molecule has 0 spiro atoms. The van der Waals surface area contributed by atoms with Gasteiger partial charge in [0.05, 0.1) is 10.7 Å². The zero-order chi connectivity index (χ0) is 22.0. The van der Waals surface area contributed by atoms with Crippen molar-refractivity contribution in [2.24, 2.45) is 5.73 Å². The van der Waals surface area contributed by atoms with Crippen LogP contribution in [-0.2, 0) is 0 Å². The van der Waals surface area contributed by atoms with E-state index in [0.717, 1.165) is 24.1 Å². The minimum absolute atomic E-state index is 0.424. The van der Waals surface area contributed by atoms with Gasteiger partial charge in [-0.25, -0.2) is 4.79 Å². The van der Waals surface area contributed by atoms with E-state index in [1.165, 1.54) is 89.9 Å². The van der Waals surface area contributed by atoms with E-state index < -0.39 is 6.03 Å². The summed E-state index contributed by atoms with van der Waals surface area (Å²) in [7, 11) is 0. The third kappa shape index (κ3) is 11.8. The Labute approximate surface area is 190 Å². The van der Waals surface area contributed by atoms with Gasteiger partial charge in [-0.15, -0.1) is 0 Å². The molecule has 0 unspecified atom stereocenters. The maximum Gasteiger partial charge on any atom is 0.319 e. The molecule has 2 amide bonds. The highest BCUT2D eigenvalue weighted by molar-refractivity contribution is 6.34. The molecule has 1 aromatic carbocycles. The zero-order valence-electron chi connectivity index (χ0n) is 19.6. The number of rotatable bonds is 18. The van der Waals surface area contributed by atoms with Gasteiger partial charge >= 0.3 is 6.03 Å². The monoisotopic (exact) mass is 436 g/mol. The third-order valence-electron chi connectivity index (χ3n) is 5.96. The normalized spacial score (nSPS) is 11.0. The Morgan fingerprint density at radius 1 is 0.800 bits per heavy atom. The van der Waals surface area contributed by atoms with Crippen LogP contribution in [0.2, 0.25) is 5.02 Å². The number of hydrogen-bond acceptors (Lipinski definition) is 1. The van der Waals surface area contributed by atoms with Crippen LogP contribution in [0, 0.1) is 6.92 Å². The van der Waals surface area contributed by atoms with Crippen molar-refractivity contribution in [2.75, 3.05) is 11.4 Å². The van der Waals surface area contributed by atoms with Gasteiger partial charge in [-0.3, -0.25) is 4.90 Å². The number of benzene rings is 1. The second-order valence-corrected chi connectivity index (χ2v) is 9.11. The van der Waals surface area contributed by atoms with Crippen LogP contribution < -0.4 is 10.6 Å². The number of para-hydroxylation sites is 1. The summed E-state index contributed by atoms with van der Waals surface area (Å²) in [5, 5.41) is 0.588. The van der Waals surface area contributed by atoms with Crippen LogP contribution >= 0.6 is 11.6 Å². The van der Waals surface area contributed by atoms with Crippen molar-refractivity contribution in [1.29, 1.82) is 0 Å². The highest BCUT2D eigenvalue weighted by Gasteiger charge is 2.17. The van der Waals surface area contributed by atoms with Crippen molar-refractivity contribution in [2.45, 2.75) is 117 Å². The van der Waals surface area contributed by atoms with Crippen LogP contribution in [0.3, 0.4) is 0 Å². The molecule has 0 aliphatic rings. The molecule has 4 heteroatoms. The van der Waals surface area contributed by atoms with Gasteiger partial charge in [-0.1, -0.05) is 127 Å². The number of carbonyl (C=O) groups excluding carboxylic acids is 1. The van der Waals surface area contributed by atoms with Crippen LogP contribution in [0.25, 0.3) is 0 Å². The fraction of sp³-hybridized carbons (Fsp3) is 0.731. The van der Waals surface area contributed by atoms with E-state index in [1.807, 2.05) is 25.1 Å². The standard InChI is InChI=1S/C26H45ClN2O/c1-3-4-5-6-7-8-9-10-11-12-13-14-15-16-17-18-22-29(26(28)30)25-23(2)20-19-21-24(25)27/h19-21H,3-18,22H2,1-2H3,(H2,28,30). The number of unbranched alkanes of at least 4 members (excludes halogenated alkanes) is 15. The van der Waals surface area contributed by atoms with Crippen LogP contribution in [0.1, 0.15) is 115 Å². The summed E-state index contributed by atoms with van der Waals surface area (Å²) in [6, 6.07) is 5.25. The highest BCUT2D eigenvalue weighted by Crippen LogP contribution is 2.29. The first-order chi connectivity index (χ1) is 14.6. The van der Waals surface area contributed by atoms with Gasteiger partial charge in [-0.2, -0.15) is 0 Å². The van der Waals surface area contributed by atoms with E-state index in [4.69, 9.17) is 17.3 Å². The Morgan fingerprint density at radius 3 is 1.63 bits per heavy atom. The Kier molecular flexibility index (Phi) is 15.6. The largest absolute Gasteiger partial charge is 0.351 e. The molecule has 0 fully saturated rings. The van der Waals surface area contributed by atoms with E-state index >= 15 is 0 Å². The minimum Gasteiger partial charge on any atom is -0.351 e. The molecule has 0 heterocycles. The number of urea groups is 1. The Hall–Kier alpha value is -1.22. The smallest absolute Gasteiger partial charge is 0.319 e. The molecule has 0 saturated heterocycles. The van der Waals surface area contributed by atoms with Crippen LogP contribution in [0.4, 0.5) is 10.5 Å². The molecule has 0 atom stereocenters. The molecule has 0 aliphatic heterocycles. The number of aryl methyl sites for hydroxylation is 1. The summed E-state index contributed by atoms with van der Waals surface area (Å²) in [5.74, 6) is 0.